The van der Waals surface area contributed by atoms with Gasteiger partial charge in [-0.2, -0.15) is 0 Å². The topological polar surface area (TPSA) is 65.2 Å². The number of pyridine rings is 1. The van der Waals surface area contributed by atoms with E-state index in [9.17, 15) is 9.59 Å². The number of aromatic nitrogens is 1. The van der Waals surface area contributed by atoms with E-state index in [1.54, 1.807) is 24.3 Å². The first-order chi connectivity index (χ1) is 15.0. The number of H-pyrrole nitrogens is 1. The first-order valence-electron chi connectivity index (χ1n) is 10.5. The van der Waals surface area contributed by atoms with Crippen molar-refractivity contribution in [2.45, 2.75) is 32.4 Å². The monoisotopic (exact) mass is 437 g/mol. The first-order valence-corrected chi connectivity index (χ1v) is 10.9. The molecule has 1 aromatic heterocycles. The molecular formula is C25H28ClN3O2. The van der Waals surface area contributed by atoms with Crippen LogP contribution in [0.1, 0.15) is 53.0 Å². The number of hydrogen-bond acceptors (Lipinski definition) is 3. The van der Waals surface area contributed by atoms with Gasteiger partial charge in [0.1, 0.15) is 5.56 Å². The summed E-state index contributed by atoms with van der Waals surface area (Å²) in [6.07, 6.45) is 2.23. The quantitative estimate of drug-likeness (QED) is 0.506. The maximum absolute atomic E-state index is 13.0. The van der Waals surface area contributed by atoms with Gasteiger partial charge in [-0.1, -0.05) is 67.4 Å². The van der Waals surface area contributed by atoms with Crippen LogP contribution in [0.4, 0.5) is 0 Å². The summed E-state index contributed by atoms with van der Waals surface area (Å²) in [6, 6.07) is 20.0. The standard InChI is InChI=1S/C25H28ClN3O2/c1-3-4-16-29(2)17-21-14-15-22(24(30)27-21)25(31)28-23(18-8-6-5-7-9-18)19-10-12-20(26)13-11-19/h5-15,23H,3-4,16-17H2,1-2H3,(H,27,30)(H,28,31)/t23-/m0/s1. The number of carbonyl (C=O) groups is 1. The van der Waals surface area contributed by atoms with Crippen molar-refractivity contribution in [2.75, 3.05) is 13.6 Å². The van der Waals surface area contributed by atoms with Crippen molar-refractivity contribution in [3.63, 3.8) is 0 Å². The van der Waals surface area contributed by atoms with Crippen molar-refractivity contribution in [1.82, 2.24) is 15.2 Å². The van der Waals surface area contributed by atoms with Gasteiger partial charge in [0, 0.05) is 17.3 Å². The Balaban J connectivity index is 1.80. The van der Waals surface area contributed by atoms with E-state index in [0.29, 0.717) is 11.6 Å². The predicted molar refractivity (Wildman–Crippen MR) is 126 cm³/mol. The second-order valence-corrected chi connectivity index (χ2v) is 8.12. The molecule has 0 aliphatic carbocycles. The Morgan fingerprint density at radius 2 is 1.71 bits per heavy atom. The maximum Gasteiger partial charge on any atom is 0.261 e. The molecule has 31 heavy (non-hydrogen) atoms. The average Bonchev–Trinajstić information content (AvgIpc) is 2.77. The third-order valence-electron chi connectivity index (χ3n) is 5.16. The van der Waals surface area contributed by atoms with Crippen molar-refractivity contribution in [3.05, 3.63) is 104 Å². The third-order valence-corrected chi connectivity index (χ3v) is 5.41. The molecule has 3 aromatic rings. The number of carbonyl (C=O) groups excluding carboxylic acids is 1. The molecule has 0 unspecified atom stereocenters. The lowest BCUT2D eigenvalue weighted by molar-refractivity contribution is 0.0941. The Bertz CT molecular complexity index is 1050. The fourth-order valence-corrected chi connectivity index (χ4v) is 3.58. The summed E-state index contributed by atoms with van der Waals surface area (Å²) in [6.45, 7) is 3.74. The van der Waals surface area contributed by atoms with Gasteiger partial charge in [-0.15, -0.1) is 0 Å². The van der Waals surface area contributed by atoms with Crippen molar-refractivity contribution < 1.29 is 4.79 Å². The smallest absolute Gasteiger partial charge is 0.261 e. The summed E-state index contributed by atoms with van der Waals surface area (Å²) < 4.78 is 0. The van der Waals surface area contributed by atoms with Gasteiger partial charge in [0.25, 0.3) is 11.5 Å². The summed E-state index contributed by atoms with van der Waals surface area (Å²) >= 11 is 6.03. The zero-order valence-electron chi connectivity index (χ0n) is 17.9. The molecule has 0 aliphatic heterocycles. The molecule has 0 saturated heterocycles. The SMILES string of the molecule is CCCCN(C)Cc1ccc(C(=O)N[C@@H](c2ccccc2)c2ccc(Cl)cc2)c(=O)[nH]1. The van der Waals surface area contributed by atoms with Crippen molar-refractivity contribution in [3.8, 4) is 0 Å². The number of hydrogen-bond donors (Lipinski definition) is 2. The Labute approximate surface area is 188 Å². The molecule has 0 radical (unpaired) electrons. The molecule has 0 saturated carbocycles. The minimum Gasteiger partial charge on any atom is -0.341 e. The molecule has 5 nitrogen and oxygen atoms in total. The Morgan fingerprint density at radius 3 is 2.35 bits per heavy atom. The van der Waals surface area contributed by atoms with Crippen molar-refractivity contribution in [1.29, 1.82) is 0 Å². The molecule has 2 N–H and O–H groups in total. The summed E-state index contributed by atoms with van der Waals surface area (Å²) in [5.74, 6) is -0.420. The number of aromatic amines is 1. The number of nitrogens with zero attached hydrogens (tertiary/aromatic N) is 1. The van der Waals surface area contributed by atoms with Gasteiger partial charge in [-0.25, -0.2) is 0 Å². The number of unbranched alkanes of at least 4 members (excludes halogenated alkanes) is 1. The van der Waals surface area contributed by atoms with Crippen LogP contribution >= 0.6 is 11.6 Å². The van der Waals surface area contributed by atoms with E-state index in [1.165, 1.54) is 0 Å². The van der Waals surface area contributed by atoms with Crippen LogP contribution in [0.3, 0.4) is 0 Å². The van der Waals surface area contributed by atoms with Gasteiger partial charge in [0.2, 0.25) is 0 Å². The van der Waals surface area contributed by atoms with E-state index in [1.807, 2.05) is 49.5 Å². The van der Waals surface area contributed by atoms with Gasteiger partial charge in [0.15, 0.2) is 0 Å². The highest BCUT2D eigenvalue weighted by molar-refractivity contribution is 6.30. The Hall–Kier alpha value is -2.89. The fraction of sp³-hybridized carbons (Fsp3) is 0.280. The molecular weight excluding hydrogens is 410 g/mol. The van der Waals surface area contributed by atoms with Crippen LogP contribution in [0, 0.1) is 0 Å². The molecule has 3 rings (SSSR count). The van der Waals surface area contributed by atoms with Crippen LogP contribution in [0.5, 0.6) is 0 Å². The van der Waals surface area contributed by atoms with Crippen molar-refractivity contribution in [2.24, 2.45) is 0 Å². The molecule has 162 valence electrons. The molecule has 0 bridgehead atoms. The van der Waals surface area contributed by atoms with Gasteiger partial charge in [0.05, 0.1) is 6.04 Å². The van der Waals surface area contributed by atoms with Crippen LogP contribution in [0.15, 0.2) is 71.5 Å². The summed E-state index contributed by atoms with van der Waals surface area (Å²) in [5, 5.41) is 3.62. The van der Waals surface area contributed by atoms with E-state index in [4.69, 9.17) is 11.6 Å². The highest BCUT2D eigenvalue weighted by atomic mass is 35.5. The lowest BCUT2D eigenvalue weighted by Gasteiger charge is -2.20. The highest BCUT2D eigenvalue weighted by Crippen LogP contribution is 2.24. The van der Waals surface area contributed by atoms with Gasteiger partial charge < -0.3 is 15.2 Å². The van der Waals surface area contributed by atoms with E-state index < -0.39 is 11.9 Å². The van der Waals surface area contributed by atoms with E-state index in [-0.39, 0.29) is 11.1 Å². The minimum atomic E-state index is -0.420. The first kappa shape index (κ1) is 22.8. The zero-order valence-corrected chi connectivity index (χ0v) is 18.7. The second-order valence-electron chi connectivity index (χ2n) is 7.69. The number of rotatable bonds is 9. The van der Waals surface area contributed by atoms with Crippen LogP contribution in [0.25, 0.3) is 0 Å². The van der Waals surface area contributed by atoms with Gasteiger partial charge >= 0.3 is 0 Å². The summed E-state index contributed by atoms with van der Waals surface area (Å²) in [7, 11) is 2.02. The predicted octanol–water partition coefficient (Wildman–Crippen LogP) is 4.78. The van der Waals surface area contributed by atoms with Crippen molar-refractivity contribution >= 4 is 17.5 Å². The van der Waals surface area contributed by atoms with Crippen LogP contribution in [0.2, 0.25) is 5.02 Å². The van der Waals surface area contributed by atoms with Crippen LogP contribution in [-0.2, 0) is 6.54 Å². The Kier molecular flexibility index (Phi) is 8.04. The lowest BCUT2D eigenvalue weighted by Crippen LogP contribution is -2.34. The molecule has 2 aromatic carbocycles. The molecule has 0 spiro atoms. The van der Waals surface area contributed by atoms with Gasteiger partial charge in [-0.05, 0) is 55.4 Å². The number of benzene rings is 2. The second kappa shape index (κ2) is 10.9. The van der Waals surface area contributed by atoms with Crippen LogP contribution < -0.4 is 10.9 Å². The molecule has 1 atom stereocenters. The average molecular weight is 438 g/mol. The molecule has 0 fully saturated rings. The molecule has 0 aliphatic rings. The summed E-state index contributed by atoms with van der Waals surface area (Å²) in [5.41, 5.74) is 2.30. The minimum absolute atomic E-state index is 0.0925. The molecule has 6 heteroatoms. The number of nitrogens with one attached hydrogen (secondary N) is 2. The van der Waals surface area contributed by atoms with E-state index >= 15 is 0 Å². The van der Waals surface area contributed by atoms with E-state index in [2.05, 4.69) is 22.1 Å². The Morgan fingerprint density at radius 1 is 1.03 bits per heavy atom. The molecule has 1 amide bonds. The third kappa shape index (κ3) is 6.29. The highest BCUT2D eigenvalue weighted by Gasteiger charge is 2.20. The van der Waals surface area contributed by atoms with E-state index in [0.717, 1.165) is 36.2 Å². The molecule has 1 heterocycles. The maximum atomic E-state index is 13.0. The number of halogens is 1. The lowest BCUT2D eigenvalue weighted by atomic mass is 9.98. The normalized spacial score (nSPS) is 12.0. The van der Waals surface area contributed by atoms with Crippen LogP contribution in [-0.4, -0.2) is 29.4 Å². The zero-order chi connectivity index (χ0) is 22.2. The van der Waals surface area contributed by atoms with Gasteiger partial charge in [-0.3, -0.25) is 9.59 Å². The summed E-state index contributed by atoms with van der Waals surface area (Å²) in [4.78, 5) is 30.6. The number of amides is 1. The fourth-order valence-electron chi connectivity index (χ4n) is 3.45. The largest absolute Gasteiger partial charge is 0.341 e.